The smallest absolute Gasteiger partial charge is 0.317 e. The van der Waals surface area contributed by atoms with Crippen LogP contribution in [0.15, 0.2) is 24.3 Å². The third-order valence-electron chi connectivity index (χ3n) is 4.95. The van der Waals surface area contributed by atoms with Gasteiger partial charge in [-0.1, -0.05) is 19.1 Å². The van der Waals surface area contributed by atoms with Crippen LogP contribution in [0.2, 0.25) is 0 Å². The van der Waals surface area contributed by atoms with Crippen molar-refractivity contribution in [3.05, 3.63) is 29.8 Å². The largest absolute Gasteiger partial charge is 0.497 e. The normalized spacial score (nSPS) is 19.9. The number of amides is 2. The van der Waals surface area contributed by atoms with Crippen molar-refractivity contribution in [1.29, 1.82) is 0 Å². The van der Waals surface area contributed by atoms with Gasteiger partial charge in [0.15, 0.2) is 0 Å². The molecule has 1 aromatic rings. The molecular weight excluding hydrogens is 350 g/mol. The molecule has 1 aromatic carbocycles. The van der Waals surface area contributed by atoms with Crippen LogP contribution in [0.5, 0.6) is 5.75 Å². The molecule has 0 radical (unpaired) electrons. The van der Waals surface area contributed by atoms with Gasteiger partial charge in [-0.3, -0.25) is 9.69 Å². The van der Waals surface area contributed by atoms with Crippen LogP contribution in [0.25, 0.3) is 0 Å². The first-order chi connectivity index (χ1) is 13.0. The lowest BCUT2D eigenvalue weighted by Gasteiger charge is -2.42. The molecule has 1 saturated carbocycles. The van der Waals surface area contributed by atoms with Gasteiger partial charge in [-0.2, -0.15) is 0 Å². The molecule has 1 fully saturated rings. The van der Waals surface area contributed by atoms with E-state index in [0.717, 1.165) is 24.2 Å². The summed E-state index contributed by atoms with van der Waals surface area (Å²) in [6.45, 7) is 2.59. The molecule has 1 aliphatic carbocycles. The molecule has 0 bridgehead atoms. The Morgan fingerprint density at radius 2 is 1.96 bits per heavy atom. The second kappa shape index (κ2) is 10.1. The van der Waals surface area contributed by atoms with Crippen molar-refractivity contribution in [3.63, 3.8) is 0 Å². The lowest BCUT2D eigenvalue weighted by atomic mass is 9.85. The summed E-state index contributed by atoms with van der Waals surface area (Å²) in [6, 6.07) is 7.00. The van der Waals surface area contributed by atoms with Crippen LogP contribution in [-0.4, -0.2) is 66.0 Å². The number of ether oxygens (including phenoxy) is 1. The van der Waals surface area contributed by atoms with E-state index in [9.17, 15) is 14.7 Å². The predicted molar refractivity (Wildman–Crippen MR) is 101 cm³/mol. The summed E-state index contributed by atoms with van der Waals surface area (Å²) < 4.78 is 5.14. The molecule has 2 rings (SSSR count). The number of rotatable bonds is 10. The first-order valence-electron chi connectivity index (χ1n) is 9.24. The summed E-state index contributed by atoms with van der Waals surface area (Å²) in [5.41, 5.74) is 0.894. The molecule has 8 heteroatoms. The molecule has 1 atom stereocenters. The molecule has 1 aliphatic rings. The maximum atomic E-state index is 12.3. The topological polar surface area (TPSA) is 111 Å². The summed E-state index contributed by atoms with van der Waals surface area (Å²) in [5.74, 6) is -0.106. The molecule has 8 nitrogen and oxygen atoms in total. The van der Waals surface area contributed by atoms with Crippen LogP contribution >= 0.6 is 0 Å². The summed E-state index contributed by atoms with van der Waals surface area (Å²) in [4.78, 5) is 25.1. The molecule has 0 heterocycles. The van der Waals surface area contributed by atoms with E-state index in [1.54, 1.807) is 7.11 Å². The number of nitrogens with one attached hydrogen (secondary N) is 2. The number of hydrogen-bond acceptors (Lipinski definition) is 5. The molecule has 150 valence electrons. The second-order valence-electron chi connectivity index (χ2n) is 6.73. The van der Waals surface area contributed by atoms with Gasteiger partial charge in [0.1, 0.15) is 5.75 Å². The number of urea groups is 1. The number of carboxylic acids is 1. The number of aliphatic hydroxyl groups is 1. The number of aliphatic carboxylic acids is 1. The number of benzene rings is 1. The molecule has 0 aromatic heterocycles. The fraction of sp³-hybridized carbons (Fsp3) is 0.579. The summed E-state index contributed by atoms with van der Waals surface area (Å²) in [6.07, 6.45) is 1.89. The zero-order valence-corrected chi connectivity index (χ0v) is 15.9. The average molecular weight is 379 g/mol. The van der Waals surface area contributed by atoms with Crippen molar-refractivity contribution in [2.75, 3.05) is 26.8 Å². The highest BCUT2D eigenvalue weighted by molar-refractivity contribution is 5.75. The van der Waals surface area contributed by atoms with Crippen LogP contribution in [0, 0.1) is 0 Å². The van der Waals surface area contributed by atoms with E-state index < -0.39 is 5.97 Å². The van der Waals surface area contributed by atoms with Gasteiger partial charge in [0.2, 0.25) is 0 Å². The zero-order valence-electron chi connectivity index (χ0n) is 15.9. The van der Waals surface area contributed by atoms with Crippen LogP contribution in [0.3, 0.4) is 0 Å². The first kappa shape index (κ1) is 21.0. The van der Waals surface area contributed by atoms with Crippen molar-refractivity contribution in [2.45, 2.75) is 44.3 Å². The van der Waals surface area contributed by atoms with Gasteiger partial charge in [-0.25, -0.2) is 4.79 Å². The van der Waals surface area contributed by atoms with Gasteiger partial charge in [0.25, 0.3) is 0 Å². The summed E-state index contributed by atoms with van der Waals surface area (Å²) in [5, 5.41) is 24.1. The predicted octanol–water partition coefficient (Wildman–Crippen LogP) is 1.36. The van der Waals surface area contributed by atoms with E-state index in [4.69, 9.17) is 9.84 Å². The third-order valence-corrected chi connectivity index (χ3v) is 4.95. The highest BCUT2D eigenvalue weighted by Gasteiger charge is 2.34. The zero-order chi connectivity index (χ0) is 19.8. The molecule has 0 saturated heterocycles. The van der Waals surface area contributed by atoms with Gasteiger partial charge in [0, 0.05) is 18.7 Å². The van der Waals surface area contributed by atoms with Crippen LogP contribution in [0.1, 0.15) is 37.8 Å². The Labute approximate surface area is 159 Å². The quantitative estimate of drug-likeness (QED) is 0.488. The Bertz CT molecular complexity index is 616. The number of carboxylic acid groups (broad SMARTS) is 1. The first-order valence-corrected chi connectivity index (χ1v) is 9.24. The SMILES string of the molecule is CCN(CC(=O)O)C1CC(NC(=O)NC(CCO)c2ccc(OC)cc2)C1. The Kier molecular flexibility index (Phi) is 7.87. The van der Waals surface area contributed by atoms with Gasteiger partial charge in [-0.15, -0.1) is 0 Å². The minimum atomic E-state index is -0.836. The minimum Gasteiger partial charge on any atom is -0.497 e. The van der Waals surface area contributed by atoms with Crippen LogP contribution in [0.4, 0.5) is 4.79 Å². The Morgan fingerprint density at radius 1 is 1.30 bits per heavy atom. The average Bonchev–Trinajstić information content (AvgIpc) is 2.62. The fourth-order valence-corrected chi connectivity index (χ4v) is 3.35. The highest BCUT2D eigenvalue weighted by Crippen LogP contribution is 2.26. The number of nitrogens with zero attached hydrogens (tertiary/aromatic N) is 1. The van der Waals surface area contributed by atoms with E-state index in [0.29, 0.717) is 13.0 Å². The van der Waals surface area contributed by atoms with Crippen molar-refractivity contribution in [1.82, 2.24) is 15.5 Å². The van der Waals surface area contributed by atoms with E-state index in [1.807, 2.05) is 36.1 Å². The number of carbonyl (C=O) groups excluding carboxylic acids is 1. The molecule has 0 aliphatic heterocycles. The van der Waals surface area contributed by atoms with E-state index in [1.165, 1.54) is 0 Å². The van der Waals surface area contributed by atoms with Gasteiger partial charge in [0.05, 0.1) is 19.7 Å². The number of carbonyl (C=O) groups is 2. The standard InChI is InChI=1S/C19H29N3O5/c1-3-22(12-18(24)25)15-10-14(11-15)20-19(26)21-17(8-9-23)13-4-6-16(27-2)7-5-13/h4-7,14-15,17,23H,3,8-12H2,1-2H3,(H,24,25)(H2,20,21,26). The number of methoxy groups -OCH3 is 1. The van der Waals surface area contributed by atoms with Crippen molar-refractivity contribution in [2.24, 2.45) is 0 Å². The van der Waals surface area contributed by atoms with E-state index >= 15 is 0 Å². The summed E-state index contributed by atoms with van der Waals surface area (Å²) >= 11 is 0. The van der Waals surface area contributed by atoms with Gasteiger partial charge in [-0.05, 0) is 43.5 Å². The molecule has 27 heavy (non-hydrogen) atoms. The number of hydrogen-bond donors (Lipinski definition) is 4. The highest BCUT2D eigenvalue weighted by atomic mass is 16.5. The van der Waals surface area contributed by atoms with E-state index in [2.05, 4.69) is 10.6 Å². The van der Waals surface area contributed by atoms with Crippen molar-refractivity contribution in [3.8, 4) is 5.75 Å². The van der Waals surface area contributed by atoms with Crippen LogP contribution < -0.4 is 15.4 Å². The number of aliphatic hydroxyl groups excluding tert-OH is 1. The summed E-state index contributed by atoms with van der Waals surface area (Å²) in [7, 11) is 1.59. The Balaban J connectivity index is 1.83. The van der Waals surface area contributed by atoms with Crippen molar-refractivity contribution < 1.29 is 24.5 Å². The molecule has 0 spiro atoms. The Hall–Kier alpha value is -2.32. The van der Waals surface area contributed by atoms with E-state index in [-0.39, 0.29) is 37.3 Å². The fourth-order valence-electron chi connectivity index (χ4n) is 3.35. The van der Waals surface area contributed by atoms with Crippen molar-refractivity contribution >= 4 is 12.0 Å². The second-order valence-corrected chi connectivity index (χ2v) is 6.73. The lowest BCUT2D eigenvalue weighted by Crippen LogP contribution is -2.56. The minimum absolute atomic E-state index is 0.0239. The molecule has 4 N–H and O–H groups in total. The van der Waals surface area contributed by atoms with Gasteiger partial charge < -0.3 is 25.6 Å². The molecule has 1 unspecified atom stereocenters. The van der Waals surface area contributed by atoms with Gasteiger partial charge >= 0.3 is 12.0 Å². The monoisotopic (exact) mass is 379 g/mol. The maximum Gasteiger partial charge on any atom is 0.317 e. The maximum absolute atomic E-state index is 12.3. The Morgan fingerprint density at radius 3 is 2.48 bits per heavy atom. The third kappa shape index (κ3) is 6.11. The molecular formula is C19H29N3O5. The molecule has 2 amide bonds. The van der Waals surface area contributed by atoms with Crippen LogP contribution in [-0.2, 0) is 4.79 Å². The lowest BCUT2D eigenvalue weighted by molar-refractivity contribution is -0.139. The number of likely N-dealkylation sites (N-methyl/N-ethyl adjacent to an activating group) is 1.